The molecule has 4 nitrogen and oxygen atoms in total. The molecule has 0 bridgehead atoms. The summed E-state index contributed by atoms with van der Waals surface area (Å²) in [5.41, 5.74) is 1.41. The zero-order valence-corrected chi connectivity index (χ0v) is 14.1. The van der Waals surface area contributed by atoms with Crippen molar-refractivity contribution >= 4 is 17.3 Å². The molecule has 0 aliphatic carbocycles. The van der Waals surface area contributed by atoms with E-state index in [1.165, 1.54) is 5.56 Å². The quantitative estimate of drug-likeness (QED) is 0.833. The van der Waals surface area contributed by atoms with Gasteiger partial charge in [-0.2, -0.15) is 21.3 Å². The standard InChI is InChI=1S/C16H24N4S/c1-5-14(7-6-13-8-9-21-10-13)19-16-18-12(4)17-15(20-16)11(2)3/h8-11,14H,5-7H2,1-4H3,(H,17,18,19,20). The number of hydrogen-bond acceptors (Lipinski definition) is 5. The predicted molar refractivity (Wildman–Crippen MR) is 89.0 cm³/mol. The smallest absolute Gasteiger partial charge is 0.226 e. The van der Waals surface area contributed by atoms with Gasteiger partial charge in [0.1, 0.15) is 11.6 Å². The van der Waals surface area contributed by atoms with Crippen molar-refractivity contribution in [2.24, 2.45) is 0 Å². The summed E-state index contributed by atoms with van der Waals surface area (Å²) in [5, 5.41) is 7.82. The summed E-state index contributed by atoms with van der Waals surface area (Å²) in [7, 11) is 0. The number of nitrogens with one attached hydrogen (secondary N) is 1. The van der Waals surface area contributed by atoms with Gasteiger partial charge in [-0.05, 0) is 48.6 Å². The van der Waals surface area contributed by atoms with E-state index in [4.69, 9.17) is 0 Å². The Morgan fingerprint density at radius 1 is 1.24 bits per heavy atom. The number of aryl methyl sites for hydroxylation is 2. The minimum Gasteiger partial charge on any atom is -0.351 e. The first-order valence-electron chi connectivity index (χ1n) is 7.58. The first kappa shape index (κ1) is 15.9. The zero-order valence-electron chi connectivity index (χ0n) is 13.3. The Bertz CT molecular complexity index is 551. The van der Waals surface area contributed by atoms with E-state index in [1.54, 1.807) is 11.3 Å². The van der Waals surface area contributed by atoms with E-state index < -0.39 is 0 Å². The molecule has 2 rings (SSSR count). The summed E-state index contributed by atoms with van der Waals surface area (Å²) >= 11 is 1.76. The number of nitrogens with zero attached hydrogens (tertiary/aromatic N) is 3. The highest BCUT2D eigenvalue weighted by Gasteiger charge is 2.12. The number of aromatic nitrogens is 3. The summed E-state index contributed by atoms with van der Waals surface area (Å²) in [6.07, 6.45) is 3.25. The van der Waals surface area contributed by atoms with E-state index in [0.29, 0.717) is 17.9 Å². The topological polar surface area (TPSA) is 50.7 Å². The molecule has 2 aromatic rings. The van der Waals surface area contributed by atoms with Crippen molar-refractivity contribution in [2.45, 2.75) is 58.9 Å². The molecule has 0 aliphatic rings. The average molecular weight is 304 g/mol. The van der Waals surface area contributed by atoms with Gasteiger partial charge in [-0.25, -0.2) is 4.98 Å². The molecule has 0 saturated heterocycles. The van der Waals surface area contributed by atoms with Crippen LogP contribution in [0.25, 0.3) is 0 Å². The summed E-state index contributed by atoms with van der Waals surface area (Å²) in [5.74, 6) is 2.67. The highest BCUT2D eigenvalue weighted by molar-refractivity contribution is 7.07. The minimum atomic E-state index is 0.318. The fraction of sp³-hybridized carbons (Fsp3) is 0.562. The molecular formula is C16H24N4S. The Labute approximate surface area is 131 Å². The Balaban J connectivity index is 2.00. The van der Waals surface area contributed by atoms with Crippen LogP contribution in [0.5, 0.6) is 0 Å². The highest BCUT2D eigenvalue weighted by Crippen LogP contribution is 2.15. The molecule has 0 spiro atoms. The van der Waals surface area contributed by atoms with Crippen LogP contribution in [0.2, 0.25) is 0 Å². The first-order chi connectivity index (χ1) is 10.1. The lowest BCUT2D eigenvalue weighted by Gasteiger charge is -2.17. The molecule has 0 aromatic carbocycles. The molecule has 0 amide bonds. The van der Waals surface area contributed by atoms with E-state index in [0.717, 1.165) is 30.9 Å². The van der Waals surface area contributed by atoms with Gasteiger partial charge in [-0.1, -0.05) is 20.8 Å². The van der Waals surface area contributed by atoms with Gasteiger partial charge in [0, 0.05) is 12.0 Å². The van der Waals surface area contributed by atoms with Crippen molar-refractivity contribution in [1.29, 1.82) is 0 Å². The lowest BCUT2D eigenvalue weighted by Crippen LogP contribution is -2.22. The summed E-state index contributed by atoms with van der Waals surface area (Å²) in [6, 6.07) is 2.59. The third kappa shape index (κ3) is 4.77. The Morgan fingerprint density at radius 3 is 2.67 bits per heavy atom. The minimum absolute atomic E-state index is 0.318. The number of hydrogen-bond donors (Lipinski definition) is 1. The maximum atomic E-state index is 4.53. The molecule has 0 saturated carbocycles. The SMILES string of the molecule is CCC(CCc1ccsc1)Nc1nc(C)nc(C(C)C)n1. The number of thiophene rings is 1. The van der Waals surface area contributed by atoms with Gasteiger partial charge >= 0.3 is 0 Å². The molecule has 0 fully saturated rings. The maximum Gasteiger partial charge on any atom is 0.226 e. The van der Waals surface area contributed by atoms with E-state index in [9.17, 15) is 0 Å². The van der Waals surface area contributed by atoms with Crippen LogP contribution in [0.3, 0.4) is 0 Å². The Kier molecular flexibility index (Phi) is 5.67. The second kappa shape index (κ2) is 7.50. The van der Waals surface area contributed by atoms with Gasteiger partial charge < -0.3 is 5.32 Å². The molecule has 1 atom stereocenters. The van der Waals surface area contributed by atoms with Crippen LogP contribution in [0.1, 0.15) is 56.7 Å². The lowest BCUT2D eigenvalue weighted by molar-refractivity contribution is 0.624. The van der Waals surface area contributed by atoms with Crippen molar-refractivity contribution in [3.8, 4) is 0 Å². The summed E-state index contributed by atoms with van der Waals surface area (Å²) in [4.78, 5) is 13.3. The van der Waals surface area contributed by atoms with E-state index >= 15 is 0 Å². The molecule has 114 valence electrons. The monoisotopic (exact) mass is 304 g/mol. The van der Waals surface area contributed by atoms with Crippen molar-refractivity contribution in [3.05, 3.63) is 34.0 Å². The van der Waals surface area contributed by atoms with E-state index in [-0.39, 0.29) is 0 Å². The van der Waals surface area contributed by atoms with Gasteiger partial charge in [-0.3, -0.25) is 0 Å². The second-order valence-corrected chi connectivity index (χ2v) is 6.42. The normalized spacial score (nSPS) is 12.6. The largest absolute Gasteiger partial charge is 0.351 e. The van der Waals surface area contributed by atoms with Crippen LogP contribution in [0, 0.1) is 6.92 Å². The third-order valence-electron chi connectivity index (χ3n) is 3.47. The third-order valence-corrected chi connectivity index (χ3v) is 4.20. The van der Waals surface area contributed by atoms with E-state index in [1.807, 2.05) is 6.92 Å². The Hall–Kier alpha value is -1.49. The average Bonchev–Trinajstić information content (AvgIpc) is 2.96. The van der Waals surface area contributed by atoms with Crippen molar-refractivity contribution in [3.63, 3.8) is 0 Å². The Morgan fingerprint density at radius 2 is 2.05 bits per heavy atom. The van der Waals surface area contributed by atoms with Gasteiger partial charge in [0.15, 0.2) is 0 Å². The second-order valence-electron chi connectivity index (χ2n) is 5.64. The fourth-order valence-electron chi connectivity index (χ4n) is 2.16. The fourth-order valence-corrected chi connectivity index (χ4v) is 2.87. The highest BCUT2D eigenvalue weighted by atomic mass is 32.1. The molecule has 1 N–H and O–H groups in total. The van der Waals surface area contributed by atoms with Crippen molar-refractivity contribution < 1.29 is 0 Å². The maximum absolute atomic E-state index is 4.53. The van der Waals surface area contributed by atoms with Crippen LogP contribution in [-0.4, -0.2) is 21.0 Å². The molecule has 2 aromatic heterocycles. The molecule has 2 heterocycles. The van der Waals surface area contributed by atoms with Crippen LogP contribution in [0.15, 0.2) is 16.8 Å². The van der Waals surface area contributed by atoms with Gasteiger partial charge in [0.25, 0.3) is 0 Å². The zero-order chi connectivity index (χ0) is 15.2. The molecule has 1 unspecified atom stereocenters. The number of anilines is 1. The van der Waals surface area contributed by atoms with Crippen LogP contribution >= 0.6 is 11.3 Å². The van der Waals surface area contributed by atoms with Gasteiger partial charge in [-0.15, -0.1) is 0 Å². The molecule has 21 heavy (non-hydrogen) atoms. The van der Waals surface area contributed by atoms with Crippen molar-refractivity contribution in [2.75, 3.05) is 5.32 Å². The summed E-state index contributed by atoms with van der Waals surface area (Å²) < 4.78 is 0. The van der Waals surface area contributed by atoms with Crippen molar-refractivity contribution in [1.82, 2.24) is 15.0 Å². The van der Waals surface area contributed by atoms with Crippen LogP contribution in [-0.2, 0) is 6.42 Å². The van der Waals surface area contributed by atoms with Gasteiger partial charge in [0.2, 0.25) is 5.95 Å². The van der Waals surface area contributed by atoms with Crippen LogP contribution < -0.4 is 5.32 Å². The lowest BCUT2D eigenvalue weighted by atomic mass is 10.1. The molecule has 0 aliphatic heterocycles. The molecule has 5 heteroatoms. The van der Waals surface area contributed by atoms with E-state index in [2.05, 4.69) is 57.9 Å². The predicted octanol–water partition coefficient (Wildman–Crippen LogP) is 4.19. The van der Waals surface area contributed by atoms with Crippen LogP contribution in [0.4, 0.5) is 5.95 Å². The first-order valence-corrected chi connectivity index (χ1v) is 8.53. The molecular weight excluding hydrogens is 280 g/mol. The number of rotatable bonds is 7. The van der Waals surface area contributed by atoms with Gasteiger partial charge in [0.05, 0.1) is 0 Å². The molecule has 0 radical (unpaired) electrons. The summed E-state index contributed by atoms with van der Waals surface area (Å²) in [6.45, 7) is 8.33.